The zero-order chi connectivity index (χ0) is 14.1. The molecule has 104 valence electrons. The van der Waals surface area contributed by atoms with Crippen molar-refractivity contribution in [3.63, 3.8) is 0 Å². The Morgan fingerprint density at radius 2 is 2.05 bits per heavy atom. The van der Waals surface area contributed by atoms with Crippen molar-refractivity contribution in [3.8, 4) is 0 Å². The largest absolute Gasteiger partial charge is 0.383 e. The number of amides is 2. The molecule has 6 heteroatoms. The summed E-state index contributed by atoms with van der Waals surface area (Å²) in [5, 5.41) is 2.68. The second kappa shape index (κ2) is 8.20. The zero-order valence-electron chi connectivity index (χ0n) is 11.3. The highest BCUT2D eigenvalue weighted by molar-refractivity contribution is 5.83. The molecule has 1 rings (SSSR count). The molecule has 2 amide bonds. The van der Waals surface area contributed by atoms with Gasteiger partial charge in [0.25, 0.3) is 0 Å². The quantitative estimate of drug-likeness (QED) is 0.715. The lowest BCUT2D eigenvalue weighted by atomic mass is 10.2. The Balaban J connectivity index is 2.49. The Kier molecular flexibility index (Phi) is 6.52. The lowest BCUT2D eigenvalue weighted by molar-refractivity contribution is -0.135. The van der Waals surface area contributed by atoms with E-state index in [1.54, 1.807) is 19.5 Å². The topological polar surface area (TPSA) is 71.5 Å². The van der Waals surface area contributed by atoms with E-state index in [2.05, 4.69) is 10.3 Å². The Bertz CT molecular complexity index is 409. The average Bonchev–Trinajstić information content (AvgIpc) is 2.39. The van der Waals surface area contributed by atoms with Crippen LogP contribution >= 0.6 is 0 Å². The lowest BCUT2D eigenvalue weighted by Crippen LogP contribution is -2.40. The SMILES string of the molecule is COCCNC(=O)CN(Cc1ccncc1)C(C)=O. The van der Waals surface area contributed by atoms with Gasteiger partial charge in [0.05, 0.1) is 13.2 Å². The van der Waals surface area contributed by atoms with Gasteiger partial charge in [0.15, 0.2) is 0 Å². The van der Waals surface area contributed by atoms with Crippen LogP contribution in [-0.4, -0.2) is 48.5 Å². The molecule has 6 nitrogen and oxygen atoms in total. The van der Waals surface area contributed by atoms with Crippen molar-refractivity contribution < 1.29 is 14.3 Å². The minimum absolute atomic E-state index is 0.0430. The number of nitrogens with zero attached hydrogens (tertiary/aromatic N) is 2. The molecule has 1 aromatic heterocycles. The first-order valence-corrected chi connectivity index (χ1v) is 6.03. The minimum Gasteiger partial charge on any atom is -0.383 e. The van der Waals surface area contributed by atoms with Crippen molar-refractivity contribution in [2.24, 2.45) is 0 Å². The van der Waals surface area contributed by atoms with Crippen LogP contribution in [0.25, 0.3) is 0 Å². The van der Waals surface area contributed by atoms with Gasteiger partial charge in [-0.05, 0) is 17.7 Å². The average molecular weight is 265 g/mol. The van der Waals surface area contributed by atoms with E-state index in [0.717, 1.165) is 5.56 Å². The van der Waals surface area contributed by atoms with Crippen molar-refractivity contribution in [3.05, 3.63) is 30.1 Å². The molecular formula is C13H19N3O3. The number of carbonyl (C=O) groups excluding carboxylic acids is 2. The highest BCUT2D eigenvalue weighted by Gasteiger charge is 2.13. The fraction of sp³-hybridized carbons (Fsp3) is 0.462. The summed E-state index contributed by atoms with van der Waals surface area (Å²) in [5.41, 5.74) is 0.940. The second-order valence-corrected chi connectivity index (χ2v) is 4.07. The summed E-state index contributed by atoms with van der Waals surface area (Å²) in [7, 11) is 1.57. The van der Waals surface area contributed by atoms with E-state index in [4.69, 9.17) is 4.74 Å². The standard InChI is InChI=1S/C13H19N3O3/c1-11(17)16(9-12-3-5-14-6-4-12)10-13(18)15-7-8-19-2/h3-6H,7-10H2,1-2H3,(H,15,18). The number of rotatable bonds is 7. The third kappa shape index (κ3) is 5.96. The number of nitrogens with one attached hydrogen (secondary N) is 1. The molecule has 0 aliphatic heterocycles. The fourth-order valence-corrected chi connectivity index (χ4v) is 1.51. The molecule has 0 radical (unpaired) electrons. The van der Waals surface area contributed by atoms with Crippen LogP contribution in [0.15, 0.2) is 24.5 Å². The van der Waals surface area contributed by atoms with Gasteiger partial charge in [0, 0.05) is 39.5 Å². The predicted octanol–water partition coefficient (Wildman–Crippen LogP) is 0.193. The van der Waals surface area contributed by atoms with Gasteiger partial charge in [-0.25, -0.2) is 0 Å². The Labute approximate surface area is 112 Å². The zero-order valence-corrected chi connectivity index (χ0v) is 11.3. The number of ether oxygens (including phenoxy) is 1. The van der Waals surface area contributed by atoms with Crippen molar-refractivity contribution in [1.29, 1.82) is 0 Å². The van der Waals surface area contributed by atoms with Gasteiger partial charge in [-0.2, -0.15) is 0 Å². The molecule has 1 aromatic rings. The van der Waals surface area contributed by atoms with Crippen LogP contribution in [0.5, 0.6) is 0 Å². The van der Waals surface area contributed by atoms with Gasteiger partial charge in [0.1, 0.15) is 0 Å². The van der Waals surface area contributed by atoms with Crippen LogP contribution in [0.4, 0.5) is 0 Å². The van der Waals surface area contributed by atoms with Crippen molar-refractivity contribution >= 4 is 11.8 Å². The Morgan fingerprint density at radius 3 is 2.63 bits per heavy atom. The van der Waals surface area contributed by atoms with Gasteiger partial charge >= 0.3 is 0 Å². The second-order valence-electron chi connectivity index (χ2n) is 4.07. The number of aromatic nitrogens is 1. The molecule has 0 atom stereocenters. The summed E-state index contributed by atoms with van der Waals surface area (Å²) >= 11 is 0. The normalized spacial score (nSPS) is 10.0. The minimum atomic E-state index is -0.193. The van der Waals surface area contributed by atoms with Crippen LogP contribution in [-0.2, 0) is 20.9 Å². The van der Waals surface area contributed by atoms with Gasteiger partial charge in [-0.1, -0.05) is 0 Å². The smallest absolute Gasteiger partial charge is 0.239 e. The third-order valence-electron chi connectivity index (χ3n) is 2.53. The molecule has 0 aliphatic carbocycles. The van der Waals surface area contributed by atoms with Crippen molar-refractivity contribution in [1.82, 2.24) is 15.2 Å². The number of carbonyl (C=O) groups is 2. The molecule has 0 aliphatic rings. The van der Waals surface area contributed by atoms with Crippen LogP contribution in [0.1, 0.15) is 12.5 Å². The van der Waals surface area contributed by atoms with E-state index in [9.17, 15) is 9.59 Å². The first kappa shape index (κ1) is 15.1. The predicted molar refractivity (Wildman–Crippen MR) is 70.2 cm³/mol. The summed E-state index contributed by atoms with van der Waals surface area (Å²) in [6.07, 6.45) is 3.32. The monoisotopic (exact) mass is 265 g/mol. The molecule has 0 fully saturated rings. The van der Waals surface area contributed by atoms with Gasteiger partial charge in [-0.15, -0.1) is 0 Å². The van der Waals surface area contributed by atoms with E-state index in [1.807, 2.05) is 12.1 Å². The Morgan fingerprint density at radius 1 is 1.37 bits per heavy atom. The maximum atomic E-state index is 11.7. The van der Waals surface area contributed by atoms with Crippen molar-refractivity contribution in [2.75, 3.05) is 26.8 Å². The molecule has 0 aromatic carbocycles. The van der Waals surface area contributed by atoms with Crippen LogP contribution < -0.4 is 5.32 Å². The van der Waals surface area contributed by atoms with E-state index in [0.29, 0.717) is 19.7 Å². The van der Waals surface area contributed by atoms with Crippen LogP contribution in [0, 0.1) is 0 Å². The summed E-state index contributed by atoms with van der Waals surface area (Å²) in [6, 6.07) is 3.64. The highest BCUT2D eigenvalue weighted by Crippen LogP contribution is 2.03. The fourth-order valence-electron chi connectivity index (χ4n) is 1.51. The highest BCUT2D eigenvalue weighted by atomic mass is 16.5. The number of methoxy groups -OCH3 is 1. The van der Waals surface area contributed by atoms with Gasteiger partial charge in [0.2, 0.25) is 11.8 Å². The molecule has 0 unspecified atom stereocenters. The number of hydrogen-bond donors (Lipinski definition) is 1. The molecule has 0 bridgehead atoms. The van der Waals surface area contributed by atoms with E-state index >= 15 is 0 Å². The first-order valence-electron chi connectivity index (χ1n) is 6.03. The third-order valence-corrected chi connectivity index (χ3v) is 2.53. The maximum Gasteiger partial charge on any atom is 0.239 e. The molecule has 19 heavy (non-hydrogen) atoms. The summed E-state index contributed by atoms with van der Waals surface area (Å²) in [5.74, 6) is -0.333. The molecule has 0 saturated carbocycles. The van der Waals surface area contributed by atoms with Crippen LogP contribution in [0.3, 0.4) is 0 Å². The molecule has 1 heterocycles. The molecular weight excluding hydrogens is 246 g/mol. The number of hydrogen-bond acceptors (Lipinski definition) is 4. The number of pyridine rings is 1. The molecule has 0 spiro atoms. The van der Waals surface area contributed by atoms with Crippen molar-refractivity contribution in [2.45, 2.75) is 13.5 Å². The van der Waals surface area contributed by atoms with Crippen LogP contribution in [0.2, 0.25) is 0 Å². The van der Waals surface area contributed by atoms with Gasteiger partial charge < -0.3 is 15.0 Å². The summed E-state index contributed by atoms with van der Waals surface area (Å²) in [4.78, 5) is 28.6. The molecule has 1 N–H and O–H groups in total. The summed E-state index contributed by atoms with van der Waals surface area (Å²) in [6.45, 7) is 2.78. The van der Waals surface area contributed by atoms with E-state index in [-0.39, 0.29) is 18.4 Å². The first-order chi connectivity index (χ1) is 9.13. The summed E-state index contributed by atoms with van der Waals surface area (Å²) < 4.78 is 4.84. The maximum absolute atomic E-state index is 11.7. The van der Waals surface area contributed by atoms with Gasteiger partial charge in [-0.3, -0.25) is 14.6 Å². The van der Waals surface area contributed by atoms with E-state index in [1.165, 1.54) is 11.8 Å². The lowest BCUT2D eigenvalue weighted by Gasteiger charge is -2.20. The molecule has 0 saturated heterocycles. The van der Waals surface area contributed by atoms with E-state index < -0.39 is 0 Å². The Hall–Kier alpha value is -1.95.